The predicted molar refractivity (Wildman–Crippen MR) is 50.0 cm³/mol. The van der Waals surface area contributed by atoms with Gasteiger partial charge in [0, 0.05) is 5.92 Å². The second-order valence-corrected chi connectivity index (χ2v) is 4.58. The van der Waals surface area contributed by atoms with E-state index in [-0.39, 0.29) is 5.60 Å². The molecule has 1 fully saturated rings. The van der Waals surface area contributed by atoms with Gasteiger partial charge in [0.1, 0.15) is 0 Å². The molecule has 1 aliphatic heterocycles. The lowest BCUT2D eigenvalue weighted by Crippen LogP contribution is -2.35. The van der Waals surface area contributed by atoms with Crippen molar-refractivity contribution in [3.05, 3.63) is 11.6 Å². The summed E-state index contributed by atoms with van der Waals surface area (Å²) in [5.74, 6) is 1.38. The van der Waals surface area contributed by atoms with Gasteiger partial charge in [-0.2, -0.15) is 0 Å². The van der Waals surface area contributed by atoms with Crippen LogP contribution in [0.1, 0.15) is 33.6 Å². The fraction of sp³-hybridized carbons (Fsp3) is 0.818. The van der Waals surface area contributed by atoms with Crippen molar-refractivity contribution in [1.29, 1.82) is 0 Å². The molecule has 68 valence electrons. The predicted octanol–water partition coefficient (Wildman–Crippen LogP) is 2.77. The quantitative estimate of drug-likeness (QED) is 0.544. The normalized spacial score (nSPS) is 40.3. The van der Waals surface area contributed by atoms with Gasteiger partial charge in [0.25, 0.3) is 0 Å². The molecule has 2 rings (SSSR count). The monoisotopic (exact) mass is 166 g/mol. The van der Waals surface area contributed by atoms with Crippen molar-refractivity contribution in [2.75, 3.05) is 6.61 Å². The minimum absolute atomic E-state index is 0.199. The van der Waals surface area contributed by atoms with E-state index >= 15 is 0 Å². The smallest absolute Gasteiger partial charge is 0.0746 e. The Kier molecular flexibility index (Phi) is 1.80. The van der Waals surface area contributed by atoms with Crippen LogP contribution in [0.3, 0.4) is 0 Å². The minimum Gasteiger partial charge on any atom is -0.374 e. The molecule has 2 aliphatic rings. The van der Waals surface area contributed by atoms with Crippen LogP contribution in [-0.2, 0) is 4.74 Å². The molecule has 1 saturated heterocycles. The van der Waals surface area contributed by atoms with Gasteiger partial charge in [0.05, 0.1) is 12.2 Å². The van der Waals surface area contributed by atoms with Crippen LogP contribution in [0, 0.1) is 11.8 Å². The first-order valence-corrected chi connectivity index (χ1v) is 4.95. The van der Waals surface area contributed by atoms with Crippen LogP contribution >= 0.6 is 0 Å². The molecule has 0 saturated carbocycles. The van der Waals surface area contributed by atoms with Crippen molar-refractivity contribution in [3.63, 3.8) is 0 Å². The second-order valence-electron chi connectivity index (χ2n) is 4.58. The fourth-order valence-corrected chi connectivity index (χ4v) is 2.37. The Hall–Kier alpha value is -0.300. The molecule has 0 aromatic rings. The second kappa shape index (κ2) is 2.59. The molecule has 12 heavy (non-hydrogen) atoms. The minimum atomic E-state index is 0.199. The largest absolute Gasteiger partial charge is 0.374 e. The van der Waals surface area contributed by atoms with E-state index in [9.17, 15) is 0 Å². The molecule has 0 spiro atoms. The first-order valence-electron chi connectivity index (χ1n) is 4.95. The fourth-order valence-electron chi connectivity index (χ4n) is 2.37. The summed E-state index contributed by atoms with van der Waals surface area (Å²) >= 11 is 0. The Labute approximate surface area is 74.8 Å². The van der Waals surface area contributed by atoms with Crippen LogP contribution in [-0.4, -0.2) is 12.2 Å². The van der Waals surface area contributed by atoms with E-state index in [4.69, 9.17) is 4.74 Å². The topological polar surface area (TPSA) is 9.23 Å². The average molecular weight is 166 g/mol. The maximum Gasteiger partial charge on any atom is 0.0746 e. The molecule has 0 aromatic carbocycles. The molecule has 0 N–H and O–H groups in total. The zero-order valence-corrected chi connectivity index (χ0v) is 8.26. The van der Waals surface area contributed by atoms with Crippen LogP contribution in [0.15, 0.2) is 11.6 Å². The van der Waals surface area contributed by atoms with Crippen molar-refractivity contribution in [3.8, 4) is 0 Å². The molecule has 2 unspecified atom stereocenters. The number of ether oxygens (including phenoxy) is 1. The van der Waals surface area contributed by atoms with Crippen molar-refractivity contribution < 1.29 is 4.74 Å². The maximum atomic E-state index is 5.94. The van der Waals surface area contributed by atoms with Crippen LogP contribution < -0.4 is 0 Å². The Balaban J connectivity index is 2.24. The number of hydrogen-bond donors (Lipinski definition) is 0. The Morgan fingerprint density at radius 3 is 3.00 bits per heavy atom. The zero-order chi connectivity index (χ0) is 8.77. The van der Waals surface area contributed by atoms with Crippen LogP contribution in [0.4, 0.5) is 0 Å². The van der Waals surface area contributed by atoms with E-state index in [1.165, 1.54) is 6.42 Å². The molecule has 2 bridgehead atoms. The van der Waals surface area contributed by atoms with Crippen molar-refractivity contribution >= 4 is 0 Å². The summed E-state index contributed by atoms with van der Waals surface area (Å²) in [7, 11) is 0. The van der Waals surface area contributed by atoms with Gasteiger partial charge in [-0.15, -0.1) is 0 Å². The Morgan fingerprint density at radius 2 is 2.33 bits per heavy atom. The molecule has 2 atom stereocenters. The molecule has 1 aliphatic carbocycles. The highest BCUT2D eigenvalue weighted by molar-refractivity contribution is 5.16. The maximum absolute atomic E-state index is 5.94. The average Bonchev–Trinajstić information content (AvgIpc) is 2.40. The lowest BCUT2D eigenvalue weighted by Gasteiger charge is -2.34. The molecule has 1 heterocycles. The SMILES string of the molecule is CC1=CCC2(C(C)C)CC1CO2. The standard InChI is InChI=1S/C11H18O/c1-8(2)11-5-4-9(3)10(6-11)7-12-11/h4,8,10H,5-7H2,1-3H3. The van der Waals surface area contributed by atoms with Crippen LogP contribution in [0.25, 0.3) is 0 Å². The third-order valence-electron chi connectivity index (χ3n) is 3.63. The lowest BCUT2D eigenvalue weighted by atomic mass is 9.76. The lowest BCUT2D eigenvalue weighted by molar-refractivity contribution is -0.0299. The summed E-state index contributed by atoms with van der Waals surface area (Å²) in [5.41, 5.74) is 1.74. The van der Waals surface area contributed by atoms with Crippen molar-refractivity contribution in [2.24, 2.45) is 11.8 Å². The highest BCUT2D eigenvalue weighted by Gasteiger charge is 2.44. The van der Waals surface area contributed by atoms with Crippen LogP contribution in [0.5, 0.6) is 0 Å². The summed E-state index contributed by atoms with van der Waals surface area (Å²) in [5, 5.41) is 0. The van der Waals surface area contributed by atoms with Gasteiger partial charge >= 0.3 is 0 Å². The summed E-state index contributed by atoms with van der Waals surface area (Å²) in [4.78, 5) is 0. The van der Waals surface area contributed by atoms with Gasteiger partial charge in [-0.05, 0) is 25.7 Å². The van der Waals surface area contributed by atoms with E-state index in [0.717, 1.165) is 18.9 Å². The first-order chi connectivity index (χ1) is 5.64. The summed E-state index contributed by atoms with van der Waals surface area (Å²) in [6.07, 6.45) is 4.77. The third-order valence-corrected chi connectivity index (χ3v) is 3.63. The third kappa shape index (κ3) is 1.03. The van der Waals surface area contributed by atoms with Crippen molar-refractivity contribution in [1.82, 2.24) is 0 Å². The molecular weight excluding hydrogens is 148 g/mol. The molecular formula is C11H18O. The highest BCUT2D eigenvalue weighted by Crippen LogP contribution is 2.45. The van der Waals surface area contributed by atoms with E-state index in [2.05, 4.69) is 26.8 Å². The van der Waals surface area contributed by atoms with Gasteiger partial charge < -0.3 is 4.74 Å². The van der Waals surface area contributed by atoms with E-state index < -0.39 is 0 Å². The van der Waals surface area contributed by atoms with Crippen molar-refractivity contribution in [2.45, 2.75) is 39.2 Å². The van der Waals surface area contributed by atoms with E-state index in [1.807, 2.05) is 0 Å². The zero-order valence-electron chi connectivity index (χ0n) is 8.26. The summed E-state index contributed by atoms with van der Waals surface area (Å²) in [6, 6.07) is 0. The molecule has 1 heteroatoms. The molecule has 0 aromatic heterocycles. The summed E-state index contributed by atoms with van der Waals surface area (Å²) < 4.78 is 5.94. The summed E-state index contributed by atoms with van der Waals surface area (Å²) in [6.45, 7) is 7.75. The van der Waals surface area contributed by atoms with E-state index in [1.54, 1.807) is 5.57 Å². The molecule has 0 amide bonds. The first kappa shape index (κ1) is 8.31. The van der Waals surface area contributed by atoms with Gasteiger partial charge in [-0.3, -0.25) is 0 Å². The number of fused-ring (bicyclic) bond motifs is 2. The molecule has 1 nitrogen and oxygen atoms in total. The van der Waals surface area contributed by atoms with Gasteiger partial charge in [-0.1, -0.05) is 25.5 Å². The Bertz CT molecular complexity index is 217. The van der Waals surface area contributed by atoms with Gasteiger partial charge in [-0.25, -0.2) is 0 Å². The Morgan fingerprint density at radius 1 is 1.58 bits per heavy atom. The van der Waals surface area contributed by atoms with Gasteiger partial charge in [0.15, 0.2) is 0 Å². The molecule has 0 radical (unpaired) electrons. The number of hydrogen-bond acceptors (Lipinski definition) is 1. The van der Waals surface area contributed by atoms with E-state index in [0.29, 0.717) is 5.92 Å². The number of rotatable bonds is 1. The highest BCUT2D eigenvalue weighted by atomic mass is 16.5. The van der Waals surface area contributed by atoms with Crippen LogP contribution in [0.2, 0.25) is 0 Å². The van der Waals surface area contributed by atoms with Gasteiger partial charge in [0.2, 0.25) is 0 Å².